The van der Waals surface area contributed by atoms with E-state index in [4.69, 9.17) is 10.3 Å². The summed E-state index contributed by atoms with van der Waals surface area (Å²) in [7, 11) is 4.56. The van der Waals surface area contributed by atoms with Gasteiger partial charge in [0.2, 0.25) is 0 Å². The lowest BCUT2D eigenvalue weighted by Gasteiger charge is -2.23. The molecule has 2 N–H and O–H groups in total. The van der Waals surface area contributed by atoms with Gasteiger partial charge in [0.25, 0.3) is 0 Å². The molecule has 0 amide bonds. The normalized spacial score (nSPS) is 12.8. The Hall–Kier alpha value is 0.110. The summed E-state index contributed by atoms with van der Waals surface area (Å²) in [5.41, 5.74) is 5.21. The molecule has 0 aliphatic heterocycles. The molecule has 0 bridgehead atoms. The summed E-state index contributed by atoms with van der Waals surface area (Å²) in [5, 5.41) is 0. The first-order valence-corrected chi connectivity index (χ1v) is 8.05. The van der Waals surface area contributed by atoms with E-state index in [0.717, 1.165) is 17.6 Å². The van der Waals surface area contributed by atoms with Crippen LogP contribution in [0.25, 0.3) is 0 Å². The highest BCUT2D eigenvalue weighted by atomic mass is 31.1. The van der Waals surface area contributed by atoms with Gasteiger partial charge in [0.15, 0.2) is 8.03 Å². The maximum atomic E-state index is 10.9. The van der Waals surface area contributed by atoms with Crippen molar-refractivity contribution < 1.29 is 13.6 Å². The van der Waals surface area contributed by atoms with Gasteiger partial charge in [-0.2, -0.15) is 0 Å². The van der Waals surface area contributed by atoms with Crippen LogP contribution in [-0.4, -0.2) is 51.5 Å². The Morgan fingerprint density at radius 3 is 2.06 bits per heavy atom. The molecule has 1 atom stereocenters. The second-order valence-electron chi connectivity index (χ2n) is 5.08. The summed E-state index contributed by atoms with van der Waals surface area (Å²) < 4.78 is 16.8. The van der Waals surface area contributed by atoms with Gasteiger partial charge in [-0.15, -0.1) is 0 Å². The monoisotopic (exact) mass is 267 g/mol. The first kappa shape index (κ1) is 19.4. The van der Waals surface area contributed by atoms with Crippen LogP contribution < -0.4 is 5.73 Å². The Labute approximate surface area is 108 Å². The molecule has 0 aliphatic rings. The van der Waals surface area contributed by atoms with E-state index in [-0.39, 0.29) is 0 Å². The van der Waals surface area contributed by atoms with Crippen LogP contribution in [-0.2, 0) is 9.09 Å². The predicted molar refractivity (Wildman–Crippen MR) is 77.0 cm³/mol. The van der Waals surface area contributed by atoms with Gasteiger partial charge in [-0.1, -0.05) is 26.7 Å². The fourth-order valence-corrected chi connectivity index (χ4v) is 1.45. The van der Waals surface area contributed by atoms with E-state index in [1.807, 2.05) is 6.92 Å². The predicted octanol–water partition coefficient (Wildman–Crippen LogP) is 2.34. The zero-order chi connectivity index (χ0) is 13.7. The zero-order valence-corrected chi connectivity index (χ0v) is 13.3. The summed E-state index contributed by atoms with van der Waals surface area (Å²) >= 11 is 0. The lowest BCUT2D eigenvalue weighted by Crippen LogP contribution is -2.37. The number of nitrogens with two attached hydrogens (primary N) is 1. The standard InChI is InChI=1S/C7H19NO2P.C5H13N/c1-5-11(9)10-7-6-8(2,3)4;1-2-3-4-5-6/h11H,5-7H2,1-4H3;2-6H2,1H3/q+1;. The Morgan fingerprint density at radius 2 is 1.76 bits per heavy atom. The molecule has 0 aromatic heterocycles. The molecule has 0 saturated heterocycles. The van der Waals surface area contributed by atoms with Crippen LogP contribution >= 0.6 is 8.03 Å². The van der Waals surface area contributed by atoms with Gasteiger partial charge < -0.3 is 14.7 Å². The zero-order valence-electron chi connectivity index (χ0n) is 12.3. The average molecular weight is 267 g/mol. The molecule has 0 aromatic rings. The molecule has 17 heavy (non-hydrogen) atoms. The summed E-state index contributed by atoms with van der Waals surface area (Å²) in [6, 6.07) is 0. The molecule has 0 saturated carbocycles. The Kier molecular flexibility index (Phi) is 14.4. The van der Waals surface area contributed by atoms with Crippen molar-refractivity contribution in [1.82, 2.24) is 0 Å². The molecule has 0 heterocycles. The number of nitrogens with zero attached hydrogens (tertiary/aromatic N) is 1. The number of quaternary nitrogens is 1. The van der Waals surface area contributed by atoms with Gasteiger partial charge in [-0.25, -0.2) is 0 Å². The number of unbranched alkanes of at least 4 members (excludes halogenated alkanes) is 2. The van der Waals surface area contributed by atoms with Crippen LogP contribution in [0.5, 0.6) is 0 Å². The second-order valence-corrected chi connectivity index (χ2v) is 6.82. The molecule has 1 unspecified atom stereocenters. The van der Waals surface area contributed by atoms with E-state index in [2.05, 4.69) is 28.1 Å². The average Bonchev–Trinajstić information content (AvgIpc) is 2.25. The highest BCUT2D eigenvalue weighted by molar-refractivity contribution is 7.39. The van der Waals surface area contributed by atoms with Crippen LogP contribution in [0.15, 0.2) is 0 Å². The van der Waals surface area contributed by atoms with Crippen molar-refractivity contribution in [3.05, 3.63) is 0 Å². The van der Waals surface area contributed by atoms with E-state index in [1.54, 1.807) is 0 Å². The Bertz CT molecular complexity index is 178. The summed E-state index contributed by atoms with van der Waals surface area (Å²) in [4.78, 5) is 0. The third kappa shape index (κ3) is 21.9. The molecular formula is C12H32N2O2P+. The molecule has 5 heteroatoms. The van der Waals surface area contributed by atoms with Crippen molar-refractivity contribution in [3.63, 3.8) is 0 Å². The van der Waals surface area contributed by atoms with Gasteiger partial charge in [0, 0.05) is 6.16 Å². The minimum atomic E-state index is -1.71. The van der Waals surface area contributed by atoms with E-state index in [1.165, 1.54) is 19.3 Å². The molecule has 0 radical (unpaired) electrons. The SMILES string of the molecule is CCCCCN.CC[PH](=O)OCC[N+](C)(C)C. The maximum absolute atomic E-state index is 10.9. The number of likely N-dealkylation sites (N-methyl/N-ethyl adjacent to an activating group) is 1. The minimum absolute atomic E-state index is 0.606. The fraction of sp³-hybridized carbons (Fsp3) is 1.00. The van der Waals surface area contributed by atoms with Crippen LogP contribution in [0, 0.1) is 0 Å². The molecule has 4 nitrogen and oxygen atoms in total. The Morgan fingerprint density at radius 1 is 1.18 bits per heavy atom. The number of hydrogen-bond donors (Lipinski definition) is 1. The van der Waals surface area contributed by atoms with Crippen LogP contribution in [0.2, 0.25) is 0 Å². The minimum Gasteiger partial charge on any atom is -0.330 e. The second kappa shape index (κ2) is 12.6. The first-order valence-electron chi connectivity index (χ1n) is 6.53. The molecule has 0 fully saturated rings. The number of hydrogen-bond acceptors (Lipinski definition) is 3. The smallest absolute Gasteiger partial charge is 0.191 e. The lowest BCUT2D eigenvalue weighted by atomic mass is 10.3. The van der Waals surface area contributed by atoms with Crippen molar-refractivity contribution in [3.8, 4) is 0 Å². The summed E-state index contributed by atoms with van der Waals surface area (Å²) in [5.74, 6) is 0. The van der Waals surface area contributed by atoms with Crippen molar-refractivity contribution in [2.24, 2.45) is 5.73 Å². The maximum Gasteiger partial charge on any atom is 0.191 e. The van der Waals surface area contributed by atoms with Crippen LogP contribution in [0.3, 0.4) is 0 Å². The van der Waals surface area contributed by atoms with Gasteiger partial charge in [0.1, 0.15) is 13.2 Å². The van der Waals surface area contributed by atoms with Crippen LogP contribution in [0.1, 0.15) is 33.1 Å². The summed E-state index contributed by atoms with van der Waals surface area (Å²) in [6.07, 6.45) is 4.41. The van der Waals surface area contributed by atoms with E-state index in [9.17, 15) is 4.57 Å². The van der Waals surface area contributed by atoms with Gasteiger partial charge >= 0.3 is 0 Å². The van der Waals surface area contributed by atoms with Gasteiger partial charge in [-0.3, -0.25) is 4.57 Å². The van der Waals surface area contributed by atoms with Crippen molar-refractivity contribution in [2.45, 2.75) is 33.1 Å². The quantitative estimate of drug-likeness (QED) is 0.417. The topological polar surface area (TPSA) is 52.3 Å². The molecule has 0 aliphatic carbocycles. The highest BCUT2D eigenvalue weighted by Crippen LogP contribution is 2.20. The molecule has 0 aromatic carbocycles. The van der Waals surface area contributed by atoms with E-state index in [0.29, 0.717) is 12.8 Å². The van der Waals surface area contributed by atoms with Crippen LogP contribution in [0.4, 0.5) is 0 Å². The largest absolute Gasteiger partial charge is 0.330 e. The van der Waals surface area contributed by atoms with Crippen molar-refractivity contribution in [2.75, 3.05) is 47.0 Å². The first-order chi connectivity index (χ1) is 7.87. The lowest BCUT2D eigenvalue weighted by molar-refractivity contribution is -0.870. The Balaban J connectivity index is 0. The highest BCUT2D eigenvalue weighted by Gasteiger charge is 2.06. The van der Waals surface area contributed by atoms with E-state index >= 15 is 0 Å². The molecule has 0 rings (SSSR count). The van der Waals surface area contributed by atoms with Gasteiger partial charge in [0.05, 0.1) is 21.1 Å². The summed E-state index contributed by atoms with van der Waals surface area (Å²) in [6.45, 7) is 6.43. The molecule has 106 valence electrons. The fourth-order valence-electron chi connectivity index (χ4n) is 0.930. The van der Waals surface area contributed by atoms with Gasteiger partial charge in [-0.05, 0) is 13.0 Å². The number of rotatable bonds is 8. The third-order valence-corrected chi connectivity index (χ3v) is 3.22. The van der Waals surface area contributed by atoms with E-state index < -0.39 is 8.03 Å². The van der Waals surface area contributed by atoms with Crippen molar-refractivity contribution in [1.29, 1.82) is 0 Å². The third-order valence-electron chi connectivity index (χ3n) is 2.12. The molecule has 0 spiro atoms. The van der Waals surface area contributed by atoms with Crippen molar-refractivity contribution >= 4 is 8.03 Å². The molecular weight excluding hydrogens is 235 g/mol.